The van der Waals surface area contributed by atoms with E-state index in [1.807, 2.05) is 0 Å². The van der Waals surface area contributed by atoms with E-state index in [0.29, 0.717) is 0 Å². The number of nitrogens with zero attached hydrogens (tertiary/aromatic N) is 6. The summed E-state index contributed by atoms with van der Waals surface area (Å²) < 4.78 is 80.4. The number of hydrogen-bond acceptors (Lipinski definition) is 35. The Morgan fingerprint density at radius 3 is 0.568 bits per heavy atom. The van der Waals surface area contributed by atoms with Crippen molar-refractivity contribution in [2.24, 2.45) is 10.2 Å². The van der Waals surface area contributed by atoms with E-state index < -0.39 is 261 Å². The molecule has 0 aromatic carbocycles. The normalized spacial score (nSPS) is 52.9. The topological polar surface area (TPSA) is 611 Å². The van der Waals surface area contributed by atoms with E-state index in [-0.39, 0.29) is 0 Å². The van der Waals surface area contributed by atoms with Crippen LogP contribution in [0.3, 0.4) is 0 Å². The number of aliphatic hydroxyl groups is 19. The number of rotatable bonds is 9. The van der Waals surface area contributed by atoms with Gasteiger partial charge in [0.2, 0.25) is 0 Å². The third-order valence-corrected chi connectivity index (χ3v) is 15.2. The predicted octanol–water partition coefficient (Wildman–Crippen LogP) is -12.6. The highest BCUT2D eigenvalue weighted by atomic mass is 16.8. The number of aliphatic hydroxyl groups excluding tert-OH is 19. The lowest BCUT2D eigenvalue weighted by molar-refractivity contribution is -0.392. The Bertz CT molecular complexity index is 2080. The van der Waals surface area contributed by atoms with Crippen LogP contribution in [0.1, 0.15) is 0 Å². The Labute approximate surface area is 455 Å². The van der Waals surface area contributed by atoms with Crippen molar-refractivity contribution in [2.45, 2.75) is 215 Å². The lowest BCUT2D eigenvalue weighted by atomic mass is 9.94. The second kappa shape index (κ2) is 27.8. The maximum Gasteiger partial charge on any atom is 0.187 e. The van der Waals surface area contributed by atoms with Crippen LogP contribution < -0.4 is 0 Å². The van der Waals surface area contributed by atoms with Crippen LogP contribution >= 0.6 is 0 Å². The summed E-state index contributed by atoms with van der Waals surface area (Å²) in [4.78, 5) is 5.39. The first-order chi connectivity index (χ1) is 38.7. The molecule has 0 spiro atoms. The Balaban J connectivity index is 1.11. The minimum absolute atomic E-state index is 1.07. The lowest BCUT2D eigenvalue weighted by Crippen LogP contribution is -2.68. The summed E-state index contributed by atoms with van der Waals surface area (Å²) in [7, 11) is 0. The van der Waals surface area contributed by atoms with E-state index in [2.05, 4.69) is 20.1 Å². The minimum Gasteiger partial charge on any atom is -0.394 e. The highest BCUT2D eigenvalue weighted by Crippen LogP contribution is 2.39. The molecule has 0 aromatic heterocycles. The van der Waals surface area contributed by atoms with Gasteiger partial charge in [0, 0.05) is 9.82 Å². The van der Waals surface area contributed by atoms with Crippen LogP contribution in [0.15, 0.2) is 10.2 Å². The zero-order valence-corrected chi connectivity index (χ0v) is 42.1. The predicted molar refractivity (Wildman–Crippen MR) is 242 cm³/mol. The summed E-state index contributed by atoms with van der Waals surface area (Å²) in [5.74, 6) is 0. The van der Waals surface area contributed by atoms with E-state index >= 15 is 0 Å². The van der Waals surface area contributed by atoms with Gasteiger partial charge >= 0.3 is 0 Å². The van der Waals surface area contributed by atoms with Crippen molar-refractivity contribution < 1.29 is 163 Å². The van der Waals surface area contributed by atoms with Gasteiger partial charge < -0.3 is 163 Å². The molecule has 39 nitrogen and oxygen atoms in total. The van der Waals surface area contributed by atoms with Gasteiger partial charge in [0.05, 0.1) is 58.3 Å². The molecule has 0 aromatic rings. The van der Waals surface area contributed by atoms with Gasteiger partial charge in [0.1, 0.15) is 159 Å². The molecule has 21 aliphatic heterocycles. The molecular formula is C42H68N6O33. The highest BCUT2D eigenvalue weighted by Gasteiger charge is 2.59. The van der Waals surface area contributed by atoms with Crippen molar-refractivity contribution >= 4 is 0 Å². The van der Waals surface area contributed by atoms with E-state index in [4.69, 9.17) is 66.3 Å². The van der Waals surface area contributed by atoms with Crippen LogP contribution in [-0.4, -0.2) is 358 Å². The quantitative estimate of drug-likeness (QED) is 0.0579. The van der Waals surface area contributed by atoms with E-state index in [9.17, 15) is 108 Å². The molecule has 0 amide bonds. The molecule has 0 saturated carbocycles. The number of ether oxygens (including phenoxy) is 14. The summed E-state index contributed by atoms with van der Waals surface area (Å²) >= 11 is 0. The standard InChI is InChI=1S/C42H68N6O33/c43-47-45-15-17(56)36-68-9(2-50)30(15)76-39-25(64)20(59)34(13(6-54)71-39)80-42-28(67)23(62)35(14(7-55)74-42)81-41-27(66)22(61)32(11(4-52)73-41)78-37-18(57)16(46-48-44)29(8(1-49)69-37)75-38-24(63)19(58)33(12(5-53)70-38)79-40-26(65)21(60)31(77-36)10(3-51)72-40/h8-42,49-67H,1-7H2/t8-,9-,10-,11-,12-,13-,14-,15-,16-,17-,18-,19-,20-,21-,22-,23-,24-,25-,26-,27-,28-,29-,30-,31-,32-,33-,34-,35-,36-,37-,38-,39-,40-,41-,42-/m1/s1. The van der Waals surface area contributed by atoms with Crippen LogP contribution in [-0.2, 0) is 66.3 Å². The average Bonchev–Trinajstić information content (AvgIpc) is 3.49. The first kappa shape index (κ1) is 64.3. The second-order valence-corrected chi connectivity index (χ2v) is 20.1. The van der Waals surface area contributed by atoms with Gasteiger partial charge in [-0.25, -0.2) is 0 Å². The molecule has 81 heavy (non-hydrogen) atoms. The first-order valence-electron chi connectivity index (χ1n) is 25.4. The first-order valence-corrected chi connectivity index (χ1v) is 25.4. The number of hydrogen-bond donors (Lipinski definition) is 19. The van der Waals surface area contributed by atoms with Gasteiger partial charge in [-0.05, 0) is 11.1 Å². The van der Waals surface area contributed by atoms with Crippen LogP contribution in [0.25, 0.3) is 20.9 Å². The Hall–Kier alpha value is -2.70. The van der Waals surface area contributed by atoms with Gasteiger partial charge in [-0.3, -0.25) is 0 Å². The molecule has 21 heterocycles. The van der Waals surface area contributed by atoms with Gasteiger partial charge in [0.25, 0.3) is 0 Å². The van der Waals surface area contributed by atoms with Crippen LogP contribution in [0.5, 0.6) is 0 Å². The summed E-state index contributed by atoms with van der Waals surface area (Å²) in [5, 5.41) is 217. The number of azide groups is 2. The van der Waals surface area contributed by atoms with Crippen molar-refractivity contribution in [1.82, 2.24) is 0 Å². The van der Waals surface area contributed by atoms with E-state index in [1.165, 1.54) is 0 Å². The molecule has 464 valence electrons. The van der Waals surface area contributed by atoms with Gasteiger partial charge in [-0.2, -0.15) is 0 Å². The van der Waals surface area contributed by atoms with Crippen molar-refractivity contribution in [1.29, 1.82) is 0 Å². The fourth-order valence-corrected chi connectivity index (χ4v) is 10.8. The summed E-state index contributed by atoms with van der Waals surface area (Å²) in [6, 6.07) is -3.80. The maximum atomic E-state index is 11.6. The van der Waals surface area contributed by atoms with Crippen LogP contribution in [0.2, 0.25) is 0 Å². The van der Waals surface area contributed by atoms with Crippen molar-refractivity contribution in [3.63, 3.8) is 0 Å². The molecule has 14 bridgehead atoms. The average molecular weight is 1190 g/mol. The van der Waals surface area contributed by atoms with Crippen molar-refractivity contribution in [3.8, 4) is 0 Å². The molecule has 19 N–H and O–H groups in total. The molecule has 21 fully saturated rings. The molecule has 21 rings (SSSR count). The third kappa shape index (κ3) is 12.8. The zero-order chi connectivity index (χ0) is 58.9. The molecule has 0 radical (unpaired) electrons. The molecule has 21 aliphatic rings. The fourth-order valence-electron chi connectivity index (χ4n) is 10.8. The molecule has 0 aliphatic carbocycles. The summed E-state index contributed by atoms with van der Waals surface area (Å²) in [6.45, 7) is -7.49. The van der Waals surface area contributed by atoms with Crippen molar-refractivity contribution in [2.75, 3.05) is 46.2 Å². The van der Waals surface area contributed by atoms with Crippen LogP contribution in [0.4, 0.5) is 0 Å². The zero-order valence-electron chi connectivity index (χ0n) is 42.1. The Kier molecular flexibility index (Phi) is 22.0. The van der Waals surface area contributed by atoms with Gasteiger partial charge in [0.15, 0.2) is 44.0 Å². The van der Waals surface area contributed by atoms with Crippen molar-refractivity contribution in [3.05, 3.63) is 20.9 Å². The largest absolute Gasteiger partial charge is 0.394 e. The minimum atomic E-state index is -2.24. The fraction of sp³-hybridized carbons (Fsp3) is 1.00. The summed E-state index contributed by atoms with van der Waals surface area (Å²) in [5.41, 5.74) is 19.2. The van der Waals surface area contributed by atoms with Gasteiger partial charge in [-0.1, -0.05) is 10.2 Å². The summed E-state index contributed by atoms with van der Waals surface area (Å²) in [6.07, 6.45) is -66.6. The van der Waals surface area contributed by atoms with E-state index in [0.717, 1.165) is 0 Å². The lowest BCUT2D eigenvalue weighted by Gasteiger charge is -2.50. The molecular weight excluding hydrogens is 1120 g/mol. The molecule has 0 unspecified atom stereocenters. The molecule has 21 saturated heterocycles. The smallest absolute Gasteiger partial charge is 0.187 e. The van der Waals surface area contributed by atoms with Crippen LogP contribution in [0, 0.1) is 0 Å². The Morgan fingerprint density at radius 2 is 0.395 bits per heavy atom. The Morgan fingerprint density at radius 1 is 0.235 bits per heavy atom. The SMILES string of the molecule is [N-]=[N+]=N[C@@H]1[C@@H](O)[C@H]2O[C@H]3[C@H](O)[C@@H](O)[C@@H](O[C@H]4[C@H](O)[C@@H](O)[C@@H](O[C@H]5[C@H](N=[N+]=[N-])[C@@H](O)[C@@H](O[C@H]6[C@H](O)[C@@H](O)[C@@H](O[C@H]7[C@H](O)[C@@H](O)[C@@H](O[C@H]8[C@H](O)[C@@H](O)[C@@H](O[C@@H]1[C@@H](CO)O2)O[C@@H]8CO)O[C@@H]7CO)O[C@@H]6CO)O[C@@H]5CO)O[C@@H]4CO)O[C@@H]3CO. The third-order valence-electron chi connectivity index (χ3n) is 15.2. The molecule has 39 heteroatoms. The molecule has 35 atom stereocenters. The van der Waals surface area contributed by atoms with Gasteiger partial charge in [-0.15, -0.1) is 0 Å². The monoisotopic (exact) mass is 1180 g/mol. The second-order valence-electron chi connectivity index (χ2n) is 20.1. The maximum absolute atomic E-state index is 11.6. The highest BCUT2D eigenvalue weighted by molar-refractivity contribution is 5.03. The van der Waals surface area contributed by atoms with E-state index in [1.54, 1.807) is 0 Å².